The summed E-state index contributed by atoms with van der Waals surface area (Å²) in [6.45, 7) is 0. The standard InChI is InChI=1S/C17H16O2/c18-16(12-17-6-3-9-19-17)11-13-7-8-14-4-1-2-5-15(14)10-13/h1-10,16,18H,11-12H2. The SMILES string of the molecule is OC(Cc1ccc2ccccc2c1)Cc1ccco1. The molecule has 2 aromatic carbocycles. The van der Waals surface area contributed by atoms with Crippen molar-refractivity contribution in [1.29, 1.82) is 0 Å². The highest BCUT2D eigenvalue weighted by molar-refractivity contribution is 5.82. The van der Waals surface area contributed by atoms with Crippen LogP contribution in [0.5, 0.6) is 0 Å². The lowest BCUT2D eigenvalue weighted by atomic mass is 10.0. The summed E-state index contributed by atoms with van der Waals surface area (Å²) in [6.07, 6.45) is 2.43. The Balaban J connectivity index is 1.73. The molecular formula is C17H16O2. The Labute approximate surface area is 112 Å². The predicted molar refractivity (Wildman–Crippen MR) is 76.1 cm³/mol. The number of rotatable bonds is 4. The van der Waals surface area contributed by atoms with E-state index >= 15 is 0 Å². The van der Waals surface area contributed by atoms with Crippen LogP contribution in [0.25, 0.3) is 10.8 Å². The van der Waals surface area contributed by atoms with Crippen molar-refractivity contribution in [2.75, 3.05) is 0 Å². The van der Waals surface area contributed by atoms with Crippen molar-refractivity contribution < 1.29 is 9.52 Å². The van der Waals surface area contributed by atoms with Gasteiger partial charge in [-0.2, -0.15) is 0 Å². The van der Waals surface area contributed by atoms with E-state index in [4.69, 9.17) is 4.42 Å². The molecular weight excluding hydrogens is 236 g/mol. The molecule has 0 bridgehead atoms. The van der Waals surface area contributed by atoms with Crippen LogP contribution in [0.15, 0.2) is 65.3 Å². The van der Waals surface area contributed by atoms with Gasteiger partial charge in [-0.25, -0.2) is 0 Å². The number of aliphatic hydroxyl groups is 1. The van der Waals surface area contributed by atoms with Gasteiger partial charge >= 0.3 is 0 Å². The van der Waals surface area contributed by atoms with Crippen LogP contribution in [-0.2, 0) is 12.8 Å². The van der Waals surface area contributed by atoms with E-state index in [0.717, 1.165) is 11.3 Å². The Morgan fingerprint density at radius 1 is 0.895 bits per heavy atom. The first kappa shape index (κ1) is 12.0. The summed E-state index contributed by atoms with van der Waals surface area (Å²) < 4.78 is 5.25. The largest absolute Gasteiger partial charge is 0.469 e. The molecule has 2 heteroatoms. The number of benzene rings is 2. The molecule has 96 valence electrons. The second kappa shape index (κ2) is 5.29. The number of hydrogen-bond donors (Lipinski definition) is 1. The summed E-state index contributed by atoms with van der Waals surface area (Å²) in [4.78, 5) is 0. The van der Waals surface area contributed by atoms with E-state index in [9.17, 15) is 5.11 Å². The van der Waals surface area contributed by atoms with Crippen molar-refractivity contribution >= 4 is 10.8 Å². The van der Waals surface area contributed by atoms with Crippen LogP contribution in [0.1, 0.15) is 11.3 Å². The van der Waals surface area contributed by atoms with Gasteiger partial charge in [0.15, 0.2) is 0 Å². The highest BCUT2D eigenvalue weighted by atomic mass is 16.3. The summed E-state index contributed by atoms with van der Waals surface area (Å²) in [5.74, 6) is 0.827. The van der Waals surface area contributed by atoms with E-state index in [1.54, 1.807) is 6.26 Å². The summed E-state index contributed by atoms with van der Waals surface area (Å²) in [6, 6.07) is 18.3. The van der Waals surface area contributed by atoms with Gasteiger partial charge in [0, 0.05) is 6.42 Å². The molecule has 0 aliphatic heterocycles. The van der Waals surface area contributed by atoms with Crippen LogP contribution in [0.4, 0.5) is 0 Å². The molecule has 0 amide bonds. The molecule has 3 rings (SSSR count). The average molecular weight is 252 g/mol. The Bertz CT molecular complexity index is 656. The van der Waals surface area contributed by atoms with Gasteiger partial charge in [-0.15, -0.1) is 0 Å². The minimum atomic E-state index is -0.410. The van der Waals surface area contributed by atoms with Crippen molar-refractivity contribution in [1.82, 2.24) is 0 Å². The van der Waals surface area contributed by atoms with Crippen molar-refractivity contribution in [3.63, 3.8) is 0 Å². The van der Waals surface area contributed by atoms with E-state index in [-0.39, 0.29) is 0 Å². The summed E-state index contributed by atoms with van der Waals surface area (Å²) in [5, 5.41) is 12.5. The topological polar surface area (TPSA) is 33.4 Å². The summed E-state index contributed by atoms with van der Waals surface area (Å²) >= 11 is 0. The van der Waals surface area contributed by atoms with E-state index in [1.807, 2.05) is 24.3 Å². The van der Waals surface area contributed by atoms with Crippen LogP contribution < -0.4 is 0 Å². The highest BCUT2D eigenvalue weighted by Crippen LogP contribution is 2.17. The minimum absolute atomic E-state index is 0.410. The Morgan fingerprint density at radius 3 is 2.53 bits per heavy atom. The molecule has 1 atom stereocenters. The summed E-state index contributed by atoms with van der Waals surface area (Å²) in [5.41, 5.74) is 1.15. The van der Waals surface area contributed by atoms with E-state index in [0.29, 0.717) is 12.8 Å². The zero-order valence-electron chi connectivity index (χ0n) is 10.6. The third-order valence-corrected chi connectivity index (χ3v) is 3.30. The van der Waals surface area contributed by atoms with Crippen LogP contribution in [0.2, 0.25) is 0 Å². The fraction of sp³-hybridized carbons (Fsp3) is 0.176. The van der Waals surface area contributed by atoms with Gasteiger partial charge in [-0.3, -0.25) is 0 Å². The maximum absolute atomic E-state index is 10.1. The number of fused-ring (bicyclic) bond motifs is 1. The van der Waals surface area contributed by atoms with Gasteiger partial charge in [-0.1, -0.05) is 42.5 Å². The second-order valence-corrected chi connectivity index (χ2v) is 4.82. The lowest BCUT2D eigenvalue weighted by Crippen LogP contribution is -2.13. The fourth-order valence-electron chi connectivity index (χ4n) is 2.37. The lowest BCUT2D eigenvalue weighted by Gasteiger charge is -2.09. The second-order valence-electron chi connectivity index (χ2n) is 4.82. The van der Waals surface area contributed by atoms with Crippen molar-refractivity contribution in [3.8, 4) is 0 Å². The third-order valence-electron chi connectivity index (χ3n) is 3.30. The maximum atomic E-state index is 10.1. The molecule has 1 heterocycles. The number of hydrogen-bond acceptors (Lipinski definition) is 2. The quantitative estimate of drug-likeness (QED) is 0.770. The van der Waals surface area contributed by atoms with Gasteiger partial charge in [0.1, 0.15) is 5.76 Å². The molecule has 0 radical (unpaired) electrons. The van der Waals surface area contributed by atoms with Gasteiger partial charge in [0.25, 0.3) is 0 Å². The molecule has 0 fully saturated rings. The molecule has 0 saturated heterocycles. The van der Waals surface area contributed by atoms with Gasteiger partial charge in [0.2, 0.25) is 0 Å². The molecule has 3 aromatic rings. The Kier molecular flexibility index (Phi) is 3.34. The fourth-order valence-corrected chi connectivity index (χ4v) is 2.37. The molecule has 0 spiro atoms. The van der Waals surface area contributed by atoms with Crippen molar-refractivity contribution in [2.24, 2.45) is 0 Å². The predicted octanol–water partition coefficient (Wildman–Crippen LogP) is 3.58. The molecule has 2 nitrogen and oxygen atoms in total. The number of furan rings is 1. The third kappa shape index (κ3) is 2.85. The first-order valence-corrected chi connectivity index (χ1v) is 6.49. The molecule has 1 N–H and O–H groups in total. The van der Waals surface area contributed by atoms with E-state index in [1.165, 1.54) is 10.8 Å². The van der Waals surface area contributed by atoms with Crippen LogP contribution in [0, 0.1) is 0 Å². The van der Waals surface area contributed by atoms with E-state index in [2.05, 4.69) is 30.3 Å². The molecule has 1 aromatic heterocycles. The van der Waals surface area contributed by atoms with Crippen molar-refractivity contribution in [3.05, 3.63) is 72.2 Å². The average Bonchev–Trinajstić information content (AvgIpc) is 2.91. The van der Waals surface area contributed by atoms with Gasteiger partial charge in [0.05, 0.1) is 12.4 Å². The smallest absolute Gasteiger partial charge is 0.106 e. The maximum Gasteiger partial charge on any atom is 0.106 e. The molecule has 0 aliphatic rings. The first-order chi connectivity index (χ1) is 9.31. The van der Waals surface area contributed by atoms with Crippen molar-refractivity contribution in [2.45, 2.75) is 18.9 Å². The molecule has 19 heavy (non-hydrogen) atoms. The van der Waals surface area contributed by atoms with Crippen LogP contribution >= 0.6 is 0 Å². The lowest BCUT2D eigenvalue weighted by molar-refractivity contribution is 0.168. The molecule has 0 saturated carbocycles. The van der Waals surface area contributed by atoms with Gasteiger partial charge < -0.3 is 9.52 Å². The Morgan fingerprint density at radius 2 is 1.74 bits per heavy atom. The zero-order valence-corrected chi connectivity index (χ0v) is 10.6. The zero-order chi connectivity index (χ0) is 13.1. The minimum Gasteiger partial charge on any atom is -0.469 e. The molecule has 0 aliphatic carbocycles. The van der Waals surface area contributed by atoms with Gasteiger partial charge in [-0.05, 0) is 34.9 Å². The molecule has 1 unspecified atom stereocenters. The highest BCUT2D eigenvalue weighted by Gasteiger charge is 2.09. The van der Waals surface area contributed by atoms with Crippen LogP contribution in [0.3, 0.4) is 0 Å². The first-order valence-electron chi connectivity index (χ1n) is 6.49. The van der Waals surface area contributed by atoms with E-state index < -0.39 is 6.10 Å². The Hall–Kier alpha value is -2.06. The number of aliphatic hydroxyl groups excluding tert-OH is 1. The van der Waals surface area contributed by atoms with Crippen LogP contribution in [-0.4, -0.2) is 11.2 Å². The monoisotopic (exact) mass is 252 g/mol. The summed E-state index contributed by atoms with van der Waals surface area (Å²) in [7, 11) is 0. The normalized spacial score (nSPS) is 12.7.